The third-order valence-corrected chi connectivity index (χ3v) is 5.71. The van der Waals surface area contributed by atoms with Gasteiger partial charge in [0, 0.05) is 39.7 Å². The Kier molecular flexibility index (Phi) is 7.55. The molecule has 2 N–H and O–H groups in total. The van der Waals surface area contributed by atoms with E-state index in [2.05, 4.69) is 25.6 Å². The van der Waals surface area contributed by atoms with Gasteiger partial charge in [0.1, 0.15) is 40.2 Å². The van der Waals surface area contributed by atoms with Crippen LogP contribution in [0.25, 0.3) is 11.2 Å². The second-order valence-electron chi connectivity index (χ2n) is 8.07. The van der Waals surface area contributed by atoms with Gasteiger partial charge >= 0.3 is 6.18 Å². The second-order valence-corrected chi connectivity index (χ2v) is 8.44. The molecule has 0 saturated carbocycles. The molecule has 0 aromatic carbocycles. The fourth-order valence-corrected chi connectivity index (χ4v) is 3.83. The molecule has 0 bridgehead atoms. The zero-order valence-electron chi connectivity index (χ0n) is 20.3. The first-order valence-corrected chi connectivity index (χ1v) is 11.3. The fraction of sp³-hybridized carbons (Fsp3) is 0.261. The maximum absolute atomic E-state index is 13.2. The van der Waals surface area contributed by atoms with Crippen molar-refractivity contribution in [3.63, 3.8) is 0 Å². The topological polar surface area (TPSA) is 125 Å². The minimum Gasteiger partial charge on any atom is -0.454 e. The van der Waals surface area contributed by atoms with Crippen molar-refractivity contribution in [2.75, 3.05) is 24.4 Å². The number of hydrogen-bond acceptors (Lipinski definition) is 8. The van der Waals surface area contributed by atoms with Gasteiger partial charge < -0.3 is 29.2 Å². The molecular formula is C23H21ClF3N7O4. The van der Waals surface area contributed by atoms with Crippen molar-refractivity contribution in [2.24, 2.45) is 14.1 Å². The molecule has 11 nitrogen and oxygen atoms in total. The van der Waals surface area contributed by atoms with Crippen LogP contribution in [0.15, 0.2) is 41.6 Å². The Bertz CT molecular complexity index is 1570. The van der Waals surface area contributed by atoms with Gasteiger partial charge in [0.2, 0.25) is 0 Å². The van der Waals surface area contributed by atoms with Crippen LogP contribution in [-0.2, 0) is 36.3 Å². The summed E-state index contributed by atoms with van der Waals surface area (Å²) in [5.74, 6) is 0.716. The zero-order valence-corrected chi connectivity index (χ0v) is 21.0. The molecule has 4 aromatic heterocycles. The molecule has 4 aromatic rings. The molecule has 4 rings (SSSR count). The predicted molar refractivity (Wildman–Crippen MR) is 132 cm³/mol. The van der Waals surface area contributed by atoms with E-state index in [-0.39, 0.29) is 41.1 Å². The number of pyridine rings is 3. The molecule has 38 heavy (non-hydrogen) atoms. The average molecular weight is 552 g/mol. The first kappa shape index (κ1) is 26.9. The van der Waals surface area contributed by atoms with Gasteiger partial charge in [-0.1, -0.05) is 11.6 Å². The summed E-state index contributed by atoms with van der Waals surface area (Å²) in [4.78, 5) is 36.7. The Morgan fingerprint density at radius 2 is 1.97 bits per heavy atom. The highest BCUT2D eigenvalue weighted by atomic mass is 35.5. The molecule has 200 valence electrons. The van der Waals surface area contributed by atoms with Crippen molar-refractivity contribution < 1.29 is 27.4 Å². The monoisotopic (exact) mass is 551 g/mol. The molecule has 0 aliphatic rings. The van der Waals surface area contributed by atoms with Gasteiger partial charge in [-0.3, -0.25) is 9.59 Å². The van der Waals surface area contributed by atoms with E-state index in [0.717, 1.165) is 16.8 Å². The lowest BCUT2D eigenvalue weighted by Gasteiger charge is -2.12. The summed E-state index contributed by atoms with van der Waals surface area (Å²) in [6.07, 6.45) is -1.09. The summed E-state index contributed by atoms with van der Waals surface area (Å²) in [5.41, 5.74) is -1.15. The van der Waals surface area contributed by atoms with Crippen LogP contribution in [0.2, 0.25) is 5.02 Å². The smallest absolute Gasteiger partial charge is 0.417 e. The van der Waals surface area contributed by atoms with Crippen LogP contribution in [-0.4, -0.2) is 43.7 Å². The number of carbonyl (C=O) groups excluding carboxylic acids is 1. The van der Waals surface area contributed by atoms with E-state index in [9.17, 15) is 22.8 Å². The third-order valence-electron chi connectivity index (χ3n) is 5.35. The number of aryl methyl sites for hydroxylation is 2. The Morgan fingerprint density at radius 3 is 2.68 bits per heavy atom. The SMILES string of the molecule is COCC(=O)Nc1cc(Oc2cnc3nc(CNc4cc(C(F)(F)F)cn(C)c4=O)n(C)c3c2Cl)ccn1. The van der Waals surface area contributed by atoms with Crippen LogP contribution < -0.4 is 20.9 Å². The first-order chi connectivity index (χ1) is 18.0. The van der Waals surface area contributed by atoms with E-state index in [1.165, 1.54) is 32.6 Å². The predicted octanol–water partition coefficient (Wildman–Crippen LogP) is 3.72. The van der Waals surface area contributed by atoms with Crippen molar-refractivity contribution in [1.29, 1.82) is 0 Å². The number of nitrogens with one attached hydrogen (secondary N) is 2. The largest absolute Gasteiger partial charge is 0.454 e. The number of amides is 1. The molecular weight excluding hydrogens is 531 g/mol. The normalized spacial score (nSPS) is 11.6. The Hall–Kier alpha value is -4.17. The van der Waals surface area contributed by atoms with Crippen LogP contribution in [0.3, 0.4) is 0 Å². The molecule has 0 saturated heterocycles. The standard InChI is InChI=1S/C23H21ClF3N7O4/c1-33-10-12(23(25,26)27)6-14(22(33)36)29-9-17-32-21-20(34(17)2)19(24)15(8-30-21)38-13-4-5-28-16(7-13)31-18(35)11-37-3/h4-8,10,29H,9,11H2,1-3H3,(H,28,31,35). The van der Waals surface area contributed by atoms with E-state index in [1.54, 1.807) is 17.7 Å². The number of anilines is 2. The van der Waals surface area contributed by atoms with Crippen LogP contribution in [0.5, 0.6) is 11.5 Å². The van der Waals surface area contributed by atoms with Gasteiger partial charge in [-0.15, -0.1) is 0 Å². The lowest BCUT2D eigenvalue weighted by atomic mass is 10.2. The third kappa shape index (κ3) is 5.70. The molecule has 0 spiro atoms. The number of nitrogens with zero attached hydrogens (tertiary/aromatic N) is 5. The first-order valence-electron chi connectivity index (χ1n) is 10.9. The van der Waals surface area contributed by atoms with Crippen molar-refractivity contribution in [1.82, 2.24) is 24.1 Å². The van der Waals surface area contributed by atoms with Crippen molar-refractivity contribution >= 4 is 40.2 Å². The van der Waals surface area contributed by atoms with Crippen LogP contribution in [0.4, 0.5) is 24.7 Å². The highest BCUT2D eigenvalue weighted by Gasteiger charge is 2.32. The number of ether oxygens (including phenoxy) is 2. The summed E-state index contributed by atoms with van der Waals surface area (Å²) in [7, 11) is 4.27. The highest BCUT2D eigenvalue weighted by molar-refractivity contribution is 6.36. The van der Waals surface area contributed by atoms with Gasteiger partial charge in [-0.25, -0.2) is 15.0 Å². The lowest BCUT2D eigenvalue weighted by Crippen LogP contribution is -2.23. The average Bonchev–Trinajstić information content (AvgIpc) is 3.17. The molecule has 0 atom stereocenters. The minimum absolute atomic E-state index is 0.0786. The molecule has 0 fully saturated rings. The Labute approximate surface area is 218 Å². The van der Waals surface area contributed by atoms with E-state index in [4.69, 9.17) is 21.1 Å². The summed E-state index contributed by atoms with van der Waals surface area (Å²) in [6.45, 7) is -0.218. The second kappa shape index (κ2) is 10.7. The van der Waals surface area contributed by atoms with Crippen molar-refractivity contribution in [2.45, 2.75) is 12.7 Å². The van der Waals surface area contributed by atoms with Crippen LogP contribution in [0.1, 0.15) is 11.4 Å². The van der Waals surface area contributed by atoms with E-state index in [1.807, 2.05) is 0 Å². The van der Waals surface area contributed by atoms with Gasteiger partial charge in [0.05, 0.1) is 18.3 Å². The van der Waals surface area contributed by atoms with Crippen LogP contribution >= 0.6 is 11.6 Å². The summed E-state index contributed by atoms with van der Waals surface area (Å²) in [5, 5.41) is 5.46. The van der Waals surface area contributed by atoms with Crippen molar-refractivity contribution in [3.8, 4) is 11.5 Å². The number of rotatable bonds is 8. The molecule has 0 radical (unpaired) electrons. The maximum Gasteiger partial charge on any atom is 0.417 e. The molecule has 15 heteroatoms. The molecule has 4 heterocycles. The quantitative estimate of drug-likeness (QED) is 0.339. The lowest BCUT2D eigenvalue weighted by molar-refractivity contribution is -0.138. The number of carbonyl (C=O) groups is 1. The minimum atomic E-state index is -4.61. The van der Waals surface area contributed by atoms with Crippen molar-refractivity contribution in [3.05, 3.63) is 63.6 Å². The summed E-state index contributed by atoms with van der Waals surface area (Å²) < 4.78 is 52.6. The molecule has 0 aliphatic carbocycles. The number of aromatic nitrogens is 5. The Morgan fingerprint density at radius 1 is 1.21 bits per heavy atom. The Balaban J connectivity index is 1.57. The zero-order chi connectivity index (χ0) is 27.6. The van der Waals surface area contributed by atoms with Gasteiger partial charge in [0.25, 0.3) is 11.5 Å². The number of hydrogen-bond donors (Lipinski definition) is 2. The molecule has 0 aliphatic heterocycles. The van der Waals surface area contributed by atoms with Crippen LogP contribution in [0, 0.1) is 0 Å². The molecule has 1 amide bonds. The van der Waals surface area contributed by atoms with E-state index in [0.29, 0.717) is 17.1 Å². The number of methoxy groups -OCH3 is 1. The van der Waals surface area contributed by atoms with E-state index >= 15 is 0 Å². The number of imidazole rings is 1. The molecule has 0 unspecified atom stereocenters. The van der Waals surface area contributed by atoms with Gasteiger partial charge in [-0.2, -0.15) is 13.2 Å². The van der Waals surface area contributed by atoms with Gasteiger partial charge in [0.15, 0.2) is 11.4 Å². The highest BCUT2D eigenvalue weighted by Crippen LogP contribution is 2.35. The van der Waals surface area contributed by atoms with E-state index < -0.39 is 23.2 Å². The number of alkyl halides is 3. The number of halogens is 4. The maximum atomic E-state index is 13.2. The summed E-state index contributed by atoms with van der Waals surface area (Å²) in [6, 6.07) is 3.80. The number of fused-ring (bicyclic) bond motifs is 1. The summed E-state index contributed by atoms with van der Waals surface area (Å²) >= 11 is 6.58. The fourth-order valence-electron chi connectivity index (χ4n) is 3.53. The van der Waals surface area contributed by atoms with Gasteiger partial charge in [-0.05, 0) is 12.1 Å².